The van der Waals surface area contributed by atoms with Crippen molar-refractivity contribution in [2.75, 3.05) is 0 Å². The maximum absolute atomic E-state index is 13.3. The third kappa shape index (κ3) is 2.75. The molecule has 0 bridgehead atoms. The molecule has 0 aliphatic rings. The van der Waals surface area contributed by atoms with Crippen LogP contribution >= 0.6 is 6.04 Å². The zero-order valence-corrected chi connectivity index (χ0v) is 13.3. The van der Waals surface area contributed by atoms with Gasteiger partial charge in [-0.3, -0.25) is 0 Å². The van der Waals surface area contributed by atoms with Gasteiger partial charge in [-0.05, 0) is 40.2 Å². The van der Waals surface area contributed by atoms with E-state index in [2.05, 4.69) is 0 Å². The first-order chi connectivity index (χ1) is 10.6. The highest BCUT2D eigenvalue weighted by molar-refractivity contribution is 8.25. The van der Waals surface area contributed by atoms with Gasteiger partial charge in [-0.2, -0.15) is 0 Å². The van der Waals surface area contributed by atoms with E-state index in [9.17, 15) is 8.78 Å². The van der Waals surface area contributed by atoms with Gasteiger partial charge in [-0.25, -0.2) is 8.78 Å². The van der Waals surface area contributed by atoms with Crippen molar-refractivity contribution in [1.82, 2.24) is 0 Å². The molecule has 0 spiro atoms. The number of halogens is 2. The van der Waals surface area contributed by atoms with Gasteiger partial charge in [0.1, 0.15) is 11.6 Å². The number of hydrogen-bond donors (Lipinski definition) is 0. The molecule has 22 heavy (non-hydrogen) atoms. The second-order valence-corrected chi connectivity index (χ2v) is 9.31. The Labute approximate surface area is 133 Å². The average Bonchev–Trinajstić information content (AvgIpc) is 2.56. The van der Waals surface area contributed by atoms with Gasteiger partial charge >= 0.3 is 0 Å². The highest BCUT2D eigenvalue weighted by Gasteiger charge is 2.24. The molecule has 0 saturated heterocycles. The Bertz CT molecular complexity index is 762. The maximum atomic E-state index is 13.3. The average molecular weight is 330 g/mol. The fraction of sp³-hybridized carbons (Fsp3) is 0. The molecule has 0 atom stereocenters. The lowest BCUT2D eigenvalue weighted by Crippen LogP contribution is -2.24. The van der Waals surface area contributed by atoms with E-state index in [0.717, 1.165) is 15.9 Å². The summed E-state index contributed by atoms with van der Waals surface area (Å²) in [6.07, 6.45) is 0. The van der Waals surface area contributed by atoms with E-state index in [4.69, 9.17) is 11.8 Å². The topological polar surface area (TPSA) is 0 Å². The second kappa shape index (κ2) is 6.12. The van der Waals surface area contributed by atoms with Gasteiger partial charge in [-0.15, -0.1) is 0 Å². The van der Waals surface area contributed by atoms with Gasteiger partial charge in [-0.1, -0.05) is 66.4 Å². The zero-order valence-electron chi connectivity index (χ0n) is 11.6. The minimum absolute atomic E-state index is 0.294. The molecule has 0 heterocycles. The van der Waals surface area contributed by atoms with Crippen LogP contribution in [0.1, 0.15) is 0 Å². The van der Waals surface area contributed by atoms with Gasteiger partial charge in [0.05, 0.1) is 0 Å². The molecule has 3 aromatic carbocycles. The Morgan fingerprint density at radius 3 is 1.32 bits per heavy atom. The summed E-state index contributed by atoms with van der Waals surface area (Å²) in [5, 5.41) is 2.78. The van der Waals surface area contributed by atoms with Crippen LogP contribution in [0.5, 0.6) is 0 Å². The van der Waals surface area contributed by atoms with E-state index >= 15 is 0 Å². The molecule has 110 valence electrons. The van der Waals surface area contributed by atoms with E-state index in [1.807, 2.05) is 30.3 Å². The van der Waals surface area contributed by atoms with Gasteiger partial charge in [0.15, 0.2) is 0 Å². The normalized spacial score (nSPS) is 11.4. The van der Waals surface area contributed by atoms with E-state index in [1.54, 1.807) is 24.3 Å². The monoisotopic (exact) mass is 330 g/mol. The summed E-state index contributed by atoms with van der Waals surface area (Å²) in [4.78, 5) is 0. The largest absolute Gasteiger partial charge is 0.207 e. The smallest absolute Gasteiger partial charge is 0.123 e. The van der Waals surface area contributed by atoms with Gasteiger partial charge in [0, 0.05) is 6.04 Å². The van der Waals surface area contributed by atoms with Gasteiger partial charge in [0.25, 0.3) is 0 Å². The van der Waals surface area contributed by atoms with Crippen LogP contribution in [-0.4, -0.2) is 0 Å². The maximum Gasteiger partial charge on any atom is 0.123 e. The summed E-state index contributed by atoms with van der Waals surface area (Å²) >= 11 is 6.05. The highest BCUT2D eigenvalue weighted by atomic mass is 32.4. The van der Waals surface area contributed by atoms with E-state index in [1.165, 1.54) is 24.3 Å². The van der Waals surface area contributed by atoms with Crippen molar-refractivity contribution in [2.45, 2.75) is 0 Å². The van der Waals surface area contributed by atoms with Crippen molar-refractivity contribution in [3.05, 3.63) is 90.5 Å². The van der Waals surface area contributed by atoms with Crippen LogP contribution in [-0.2, 0) is 11.8 Å². The van der Waals surface area contributed by atoms with Crippen LogP contribution in [0.4, 0.5) is 8.78 Å². The Morgan fingerprint density at radius 1 is 0.545 bits per heavy atom. The Hall–Kier alpha value is -1.83. The Morgan fingerprint density at radius 2 is 0.909 bits per heavy atom. The van der Waals surface area contributed by atoms with Crippen molar-refractivity contribution in [2.24, 2.45) is 0 Å². The summed E-state index contributed by atoms with van der Waals surface area (Å²) in [5.74, 6) is -0.588. The van der Waals surface area contributed by atoms with Crippen molar-refractivity contribution in [1.29, 1.82) is 0 Å². The van der Waals surface area contributed by atoms with Crippen LogP contribution in [0.25, 0.3) is 0 Å². The number of hydrogen-bond acceptors (Lipinski definition) is 1. The molecular weight excluding hydrogens is 317 g/mol. The third-order valence-corrected chi connectivity index (χ3v) is 8.47. The summed E-state index contributed by atoms with van der Waals surface area (Å²) < 4.78 is 26.5. The van der Waals surface area contributed by atoms with Crippen LogP contribution in [0, 0.1) is 11.6 Å². The van der Waals surface area contributed by atoms with Gasteiger partial charge in [0.2, 0.25) is 0 Å². The first-order valence-corrected chi connectivity index (χ1v) is 9.59. The van der Waals surface area contributed by atoms with Crippen LogP contribution in [0.2, 0.25) is 0 Å². The summed E-state index contributed by atoms with van der Waals surface area (Å²) in [7, 11) is 0. The quantitative estimate of drug-likeness (QED) is 0.660. The number of rotatable bonds is 3. The van der Waals surface area contributed by atoms with Crippen molar-refractivity contribution in [3.63, 3.8) is 0 Å². The van der Waals surface area contributed by atoms with E-state index in [0.29, 0.717) is 0 Å². The first kappa shape index (κ1) is 15.1. The van der Waals surface area contributed by atoms with Crippen molar-refractivity contribution in [3.8, 4) is 0 Å². The molecule has 0 amide bonds. The third-order valence-electron chi connectivity index (χ3n) is 3.50. The molecule has 3 rings (SSSR count). The predicted molar refractivity (Wildman–Crippen MR) is 92.4 cm³/mol. The lowest BCUT2D eigenvalue weighted by molar-refractivity contribution is 0.628. The molecule has 3 aromatic rings. The molecular formula is C18H13F2PS. The molecule has 0 unspecified atom stereocenters. The molecule has 0 radical (unpaired) electrons. The Balaban J connectivity index is 2.25. The summed E-state index contributed by atoms with van der Waals surface area (Å²) in [6, 6.07) is 20.0. The molecule has 0 N–H and O–H groups in total. The Kier molecular flexibility index (Phi) is 4.19. The van der Waals surface area contributed by atoms with Crippen LogP contribution in [0.3, 0.4) is 0 Å². The van der Waals surface area contributed by atoms with Gasteiger partial charge < -0.3 is 0 Å². The molecule has 0 nitrogen and oxygen atoms in total. The molecule has 0 saturated carbocycles. The highest BCUT2D eigenvalue weighted by Crippen LogP contribution is 2.42. The first-order valence-electron chi connectivity index (χ1n) is 6.78. The van der Waals surface area contributed by atoms with Crippen molar-refractivity contribution < 1.29 is 8.78 Å². The predicted octanol–water partition coefficient (Wildman–Crippen LogP) is 3.72. The van der Waals surface area contributed by atoms with E-state index < -0.39 is 6.04 Å². The lowest BCUT2D eigenvalue weighted by atomic mass is 10.3. The zero-order chi connectivity index (χ0) is 15.6. The lowest BCUT2D eigenvalue weighted by Gasteiger charge is -2.24. The van der Waals surface area contributed by atoms with E-state index in [-0.39, 0.29) is 11.6 Å². The molecule has 0 fully saturated rings. The molecule has 4 heteroatoms. The van der Waals surface area contributed by atoms with Crippen LogP contribution < -0.4 is 15.9 Å². The molecule has 0 aliphatic carbocycles. The molecule has 0 aliphatic heterocycles. The van der Waals surface area contributed by atoms with Crippen LogP contribution in [0.15, 0.2) is 78.9 Å². The molecule has 0 aromatic heterocycles. The summed E-state index contributed by atoms with van der Waals surface area (Å²) in [5.41, 5.74) is 0. The minimum Gasteiger partial charge on any atom is -0.207 e. The van der Waals surface area contributed by atoms with Crippen molar-refractivity contribution >= 4 is 33.8 Å². The number of benzene rings is 3. The fourth-order valence-electron chi connectivity index (χ4n) is 2.39. The fourth-order valence-corrected chi connectivity index (χ4v) is 6.11. The summed E-state index contributed by atoms with van der Waals surface area (Å²) in [6.45, 7) is 0. The standard InChI is InChI=1S/C18H13F2PS/c19-14-6-10-17(11-7-14)21(22,16-4-2-1-3-5-16)18-12-8-15(20)9-13-18/h1-13H. The minimum atomic E-state index is -2.32. The second-order valence-electron chi connectivity index (χ2n) is 4.90. The SMILES string of the molecule is Fc1ccc(P(=S)(c2ccccc2)c2ccc(F)cc2)cc1.